The molecular formula is C7H16N2O2. The summed E-state index contributed by atoms with van der Waals surface area (Å²) in [5.74, 6) is 0. The Morgan fingerprint density at radius 1 is 1.64 bits per heavy atom. The van der Waals surface area contributed by atoms with Crippen molar-refractivity contribution in [1.29, 1.82) is 0 Å². The van der Waals surface area contributed by atoms with Crippen molar-refractivity contribution in [3.8, 4) is 0 Å². The van der Waals surface area contributed by atoms with Gasteiger partial charge in [0.05, 0.1) is 12.7 Å². The number of rotatable bonds is 4. The third-order valence-electron chi connectivity index (χ3n) is 1.91. The minimum absolute atomic E-state index is 0.160. The molecule has 2 unspecified atom stereocenters. The lowest BCUT2D eigenvalue weighted by molar-refractivity contribution is 0.0924. The van der Waals surface area contributed by atoms with Crippen LogP contribution >= 0.6 is 0 Å². The van der Waals surface area contributed by atoms with Crippen molar-refractivity contribution >= 4 is 0 Å². The van der Waals surface area contributed by atoms with E-state index in [1.165, 1.54) is 0 Å². The Kier molecular flexibility index (Phi) is 3.79. The van der Waals surface area contributed by atoms with E-state index in [0.717, 1.165) is 19.5 Å². The molecule has 0 aromatic heterocycles. The van der Waals surface area contributed by atoms with Crippen molar-refractivity contribution in [3.05, 3.63) is 0 Å². The van der Waals surface area contributed by atoms with Crippen molar-refractivity contribution < 1.29 is 10.2 Å². The van der Waals surface area contributed by atoms with Crippen molar-refractivity contribution in [1.82, 2.24) is 10.6 Å². The van der Waals surface area contributed by atoms with Crippen molar-refractivity contribution in [2.75, 3.05) is 26.2 Å². The monoisotopic (exact) mass is 160 g/mol. The first-order chi connectivity index (χ1) is 5.33. The Hall–Kier alpha value is -0.160. The van der Waals surface area contributed by atoms with E-state index >= 15 is 0 Å². The molecule has 11 heavy (non-hydrogen) atoms. The molecule has 1 aliphatic heterocycles. The molecule has 1 fully saturated rings. The van der Waals surface area contributed by atoms with E-state index in [1.807, 2.05) is 0 Å². The zero-order valence-corrected chi connectivity index (χ0v) is 6.58. The molecule has 1 saturated heterocycles. The summed E-state index contributed by atoms with van der Waals surface area (Å²) in [6.45, 7) is 2.35. The second kappa shape index (κ2) is 4.66. The maximum absolute atomic E-state index is 8.99. The Morgan fingerprint density at radius 2 is 2.45 bits per heavy atom. The van der Waals surface area contributed by atoms with Crippen molar-refractivity contribution in [2.45, 2.75) is 18.6 Å². The van der Waals surface area contributed by atoms with Crippen LogP contribution < -0.4 is 10.6 Å². The van der Waals surface area contributed by atoms with Crippen LogP contribution in [-0.2, 0) is 0 Å². The van der Waals surface area contributed by atoms with Crippen molar-refractivity contribution in [2.24, 2.45) is 0 Å². The minimum atomic E-state index is -0.615. The first kappa shape index (κ1) is 8.93. The molecule has 0 radical (unpaired) electrons. The average Bonchev–Trinajstić information content (AvgIpc) is 2.52. The molecule has 4 N–H and O–H groups in total. The fraction of sp³-hybridized carbons (Fsp3) is 1.00. The molecule has 1 heterocycles. The lowest BCUT2D eigenvalue weighted by Gasteiger charge is -2.13. The van der Waals surface area contributed by atoms with Gasteiger partial charge in [-0.25, -0.2) is 0 Å². The maximum Gasteiger partial charge on any atom is 0.0895 e. The Bertz CT molecular complexity index is 105. The zero-order valence-electron chi connectivity index (χ0n) is 6.58. The van der Waals surface area contributed by atoms with Gasteiger partial charge in [0, 0.05) is 19.1 Å². The second-order valence-corrected chi connectivity index (χ2v) is 2.93. The van der Waals surface area contributed by atoms with Gasteiger partial charge < -0.3 is 20.8 Å². The average molecular weight is 160 g/mol. The Labute approximate surface area is 66.6 Å². The Balaban J connectivity index is 2.01. The van der Waals surface area contributed by atoms with E-state index in [2.05, 4.69) is 10.6 Å². The lowest BCUT2D eigenvalue weighted by atomic mass is 10.2. The van der Waals surface area contributed by atoms with Crippen molar-refractivity contribution in [3.63, 3.8) is 0 Å². The van der Waals surface area contributed by atoms with E-state index in [-0.39, 0.29) is 6.61 Å². The van der Waals surface area contributed by atoms with E-state index in [4.69, 9.17) is 10.2 Å². The van der Waals surface area contributed by atoms with Gasteiger partial charge in [0.1, 0.15) is 0 Å². The maximum atomic E-state index is 8.99. The van der Waals surface area contributed by atoms with Crippen LogP contribution in [0.4, 0.5) is 0 Å². The molecule has 0 bridgehead atoms. The number of nitrogens with one attached hydrogen (secondary N) is 2. The van der Waals surface area contributed by atoms with E-state index in [9.17, 15) is 0 Å². The van der Waals surface area contributed by atoms with E-state index in [1.54, 1.807) is 0 Å². The van der Waals surface area contributed by atoms with Gasteiger partial charge in [-0.2, -0.15) is 0 Å². The summed E-state index contributed by atoms with van der Waals surface area (Å²) in [6, 6.07) is 0.469. The first-order valence-electron chi connectivity index (χ1n) is 4.06. The summed E-state index contributed by atoms with van der Waals surface area (Å²) in [5, 5.41) is 23.9. The quantitative estimate of drug-likeness (QED) is 0.395. The highest BCUT2D eigenvalue weighted by Gasteiger charge is 2.14. The van der Waals surface area contributed by atoms with Crippen LogP contribution in [0.1, 0.15) is 6.42 Å². The first-order valence-corrected chi connectivity index (χ1v) is 4.06. The smallest absolute Gasteiger partial charge is 0.0895 e. The van der Waals surface area contributed by atoms with Crippen LogP contribution in [0.25, 0.3) is 0 Å². The summed E-state index contributed by atoms with van der Waals surface area (Å²) < 4.78 is 0. The van der Waals surface area contributed by atoms with E-state index in [0.29, 0.717) is 12.6 Å². The fourth-order valence-electron chi connectivity index (χ4n) is 1.20. The van der Waals surface area contributed by atoms with Gasteiger partial charge >= 0.3 is 0 Å². The summed E-state index contributed by atoms with van der Waals surface area (Å²) in [4.78, 5) is 0. The van der Waals surface area contributed by atoms with Gasteiger partial charge in [-0.05, 0) is 13.0 Å². The van der Waals surface area contributed by atoms with Gasteiger partial charge in [-0.1, -0.05) is 0 Å². The molecule has 0 aromatic carbocycles. The van der Waals surface area contributed by atoms with Crippen LogP contribution in [0, 0.1) is 0 Å². The molecule has 66 valence electrons. The highest BCUT2D eigenvalue weighted by Crippen LogP contribution is 1.96. The summed E-state index contributed by atoms with van der Waals surface area (Å²) in [5.41, 5.74) is 0. The highest BCUT2D eigenvalue weighted by molar-refractivity contribution is 4.78. The summed E-state index contributed by atoms with van der Waals surface area (Å²) in [7, 11) is 0. The van der Waals surface area contributed by atoms with Gasteiger partial charge in [0.15, 0.2) is 0 Å². The van der Waals surface area contributed by atoms with E-state index < -0.39 is 6.10 Å². The van der Waals surface area contributed by atoms with Crippen LogP contribution in [0.2, 0.25) is 0 Å². The number of aliphatic hydroxyl groups is 2. The predicted octanol–water partition coefficient (Wildman–Crippen LogP) is -1.71. The molecule has 4 heteroatoms. The van der Waals surface area contributed by atoms with Gasteiger partial charge in [0.25, 0.3) is 0 Å². The number of hydrogen-bond acceptors (Lipinski definition) is 4. The molecule has 1 aliphatic rings. The standard InChI is InChI=1S/C7H16N2O2/c10-5-7(11)4-9-6-1-2-8-3-6/h6-11H,1-5H2. The predicted molar refractivity (Wildman–Crippen MR) is 42.4 cm³/mol. The fourth-order valence-corrected chi connectivity index (χ4v) is 1.20. The molecule has 0 spiro atoms. The van der Waals surface area contributed by atoms with Gasteiger partial charge in [0.2, 0.25) is 0 Å². The third kappa shape index (κ3) is 3.16. The molecule has 0 aliphatic carbocycles. The SMILES string of the molecule is OCC(O)CNC1CCNC1. The molecule has 0 aromatic rings. The number of hydrogen-bond donors (Lipinski definition) is 4. The lowest BCUT2D eigenvalue weighted by Crippen LogP contribution is -2.38. The molecule has 1 rings (SSSR count). The van der Waals surface area contributed by atoms with Crippen LogP contribution in [0.15, 0.2) is 0 Å². The van der Waals surface area contributed by atoms with Gasteiger partial charge in [-0.3, -0.25) is 0 Å². The molecular weight excluding hydrogens is 144 g/mol. The molecule has 4 nitrogen and oxygen atoms in total. The molecule has 2 atom stereocenters. The second-order valence-electron chi connectivity index (χ2n) is 2.93. The molecule has 0 saturated carbocycles. The summed E-state index contributed by atoms with van der Waals surface area (Å²) >= 11 is 0. The Morgan fingerprint density at radius 3 is 3.00 bits per heavy atom. The normalized spacial score (nSPS) is 27.3. The molecule has 0 amide bonds. The number of aliphatic hydroxyl groups excluding tert-OH is 2. The highest BCUT2D eigenvalue weighted by atomic mass is 16.3. The van der Waals surface area contributed by atoms with Gasteiger partial charge in [-0.15, -0.1) is 0 Å². The minimum Gasteiger partial charge on any atom is -0.394 e. The summed E-state index contributed by atoms with van der Waals surface area (Å²) in [6.07, 6.45) is 0.494. The van der Waals surface area contributed by atoms with Crippen LogP contribution in [0.5, 0.6) is 0 Å². The third-order valence-corrected chi connectivity index (χ3v) is 1.91. The topological polar surface area (TPSA) is 64.5 Å². The zero-order chi connectivity index (χ0) is 8.10. The largest absolute Gasteiger partial charge is 0.394 e. The van der Waals surface area contributed by atoms with Crippen LogP contribution in [-0.4, -0.2) is 48.6 Å². The van der Waals surface area contributed by atoms with Crippen LogP contribution in [0.3, 0.4) is 0 Å².